The molecule has 4 aromatic rings. The number of unbranched alkanes of at least 4 members (excludes halogenated alkanes) is 1. The molecular formula is C28H27ClF3N3. The van der Waals surface area contributed by atoms with Gasteiger partial charge in [0.15, 0.2) is 0 Å². The molecule has 0 unspecified atom stereocenters. The zero-order valence-electron chi connectivity index (χ0n) is 19.2. The van der Waals surface area contributed by atoms with E-state index in [1.165, 1.54) is 12.1 Å². The largest absolute Gasteiger partial charge is 0.416 e. The fraction of sp³-hybridized carbons (Fsp3) is 0.250. The summed E-state index contributed by atoms with van der Waals surface area (Å²) >= 11 is 6.07. The van der Waals surface area contributed by atoms with Crippen molar-refractivity contribution in [2.45, 2.75) is 32.1 Å². The van der Waals surface area contributed by atoms with Crippen molar-refractivity contribution in [1.82, 2.24) is 9.88 Å². The number of anilines is 1. The number of pyridine rings is 1. The monoisotopic (exact) mass is 497 g/mol. The van der Waals surface area contributed by atoms with E-state index in [4.69, 9.17) is 11.6 Å². The molecule has 0 saturated heterocycles. The third-order valence-corrected chi connectivity index (χ3v) is 6.07. The van der Waals surface area contributed by atoms with Crippen LogP contribution in [0.25, 0.3) is 10.9 Å². The number of nitrogens with zero attached hydrogens (tertiary/aromatic N) is 2. The lowest BCUT2D eigenvalue weighted by Crippen LogP contribution is -2.24. The lowest BCUT2D eigenvalue weighted by molar-refractivity contribution is -0.137. The van der Waals surface area contributed by atoms with Gasteiger partial charge in [-0.25, -0.2) is 0 Å². The highest BCUT2D eigenvalue weighted by Crippen LogP contribution is 2.30. The first-order chi connectivity index (χ1) is 16.9. The molecule has 3 aromatic carbocycles. The van der Waals surface area contributed by atoms with Crippen LogP contribution in [0.1, 0.15) is 29.5 Å². The second-order valence-electron chi connectivity index (χ2n) is 8.55. The van der Waals surface area contributed by atoms with Gasteiger partial charge in [-0.1, -0.05) is 60.1 Å². The quantitative estimate of drug-likeness (QED) is 0.226. The summed E-state index contributed by atoms with van der Waals surface area (Å²) in [7, 11) is 0. The lowest BCUT2D eigenvalue weighted by Gasteiger charge is -2.23. The average molecular weight is 498 g/mol. The van der Waals surface area contributed by atoms with Crippen molar-refractivity contribution in [3.63, 3.8) is 0 Å². The molecule has 0 aliphatic heterocycles. The van der Waals surface area contributed by atoms with Gasteiger partial charge < -0.3 is 5.32 Å². The highest BCUT2D eigenvalue weighted by Gasteiger charge is 2.30. The van der Waals surface area contributed by atoms with Crippen molar-refractivity contribution < 1.29 is 13.2 Å². The summed E-state index contributed by atoms with van der Waals surface area (Å²) in [5, 5.41) is 5.15. The molecule has 182 valence electrons. The summed E-state index contributed by atoms with van der Waals surface area (Å²) < 4.78 is 39.5. The van der Waals surface area contributed by atoms with E-state index in [1.54, 1.807) is 12.3 Å². The van der Waals surface area contributed by atoms with E-state index < -0.39 is 11.7 Å². The van der Waals surface area contributed by atoms with Crippen molar-refractivity contribution in [3.8, 4) is 0 Å². The van der Waals surface area contributed by atoms with Crippen LogP contribution < -0.4 is 5.32 Å². The Hall–Kier alpha value is -3.09. The molecule has 1 aromatic heterocycles. The van der Waals surface area contributed by atoms with Crippen molar-refractivity contribution in [1.29, 1.82) is 0 Å². The van der Waals surface area contributed by atoms with Crippen LogP contribution in [0.4, 0.5) is 18.9 Å². The maximum Gasteiger partial charge on any atom is 0.416 e. The zero-order valence-corrected chi connectivity index (χ0v) is 20.0. The fourth-order valence-electron chi connectivity index (χ4n) is 4.12. The number of hydrogen-bond donors (Lipinski definition) is 1. The predicted octanol–water partition coefficient (Wildman–Crippen LogP) is 7.80. The first kappa shape index (κ1) is 25.0. The number of aromatic nitrogens is 1. The predicted molar refractivity (Wildman–Crippen MR) is 136 cm³/mol. The third-order valence-electron chi connectivity index (χ3n) is 5.83. The van der Waals surface area contributed by atoms with Crippen LogP contribution in [0.2, 0.25) is 5.02 Å². The molecule has 0 saturated carbocycles. The first-order valence-electron chi connectivity index (χ1n) is 11.6. The number of benzene rings is 3. The molecule has 0 bridgehead atoms. The van der Waals surface area contributed by atoms with Crippen LogP contribution >= 0.6 is 11.6 Å². The van der Waals surface area contributed by atoms with Gasteiger partial charge in [-0.15, -0.1) is 0 Å². The maximum atomic E-state index is 13.2. The second-order valence-corrected chi connectivity index (χ2v) is 8.98. The summed E-state index contributed by atoms with van der Waals surface area (Å²) in [6, 6.07) is 23.2. The van der Waals surface area contributed by atoms with Gasteiger partial charge in [-0.3, -0.25) is 9.88 Å². The van der Waals surface area contributed by atoms with Gasteiger partial charge in [0.25, 0.3) is 0 Å². The van der Waals surface area contributed by atoms with Crippen molar-refractivity contribution in [2.24, 2.45) is 0 Å². The van der Waals surface area contributed by atoms with Gasteiger partial charge in [-0.2, -0.15) is 13.2 Å². The molecule has 1 heterocycles. The summed E-state index contributed by atoms with van der Waals surface area (Å²) in [4.78, 5) is 6.57. The number of rotatable bonds is 10. The first-order valence-corrected chi connectivity index (χ1v) is 12.0. The smallest absolute Gasteiger partial charge is 0.384 e. The number of fused-ring (bicyclic) bond motifs is 1. The topological polar surface area (TPSA) is 28.2 Å². The Morgan fingerprint density at radius 1 is 0.829 bits per heavy atom. The number of halogens is 4. The van der Waals surface area contributed by atoms with Crippen LogP contribution in [0.3, 0.4) is 0 Å². The molecule has 0 amide bonds. The van der Waals surface area contributed by atoms with E-state index in [9.17, 15) is 13.2 Å². The minimum absolute atomic E-state index is 0.460. The normalized spacial score (nSPS) is 11.8. The Balaban J connectivity index is 1.36. The van der Waals surface area contributed by atoms with Gasteiger partial charge in [0, 0.05) is 41.9 Å². The summed E-state index contributed by atoms with van der Waals surface area (Å²) in [5.41, 5.74) is 3.05. The SMILES string of the molecule is FC(F)(F)c1cccc(CN(CCCCNc2ccnc3cc(Cl)ccc23)Cc2ccccc2)c1. The van der Waals surface area contributed by atoms with E-state index >= 15 is 0 Å². The highest BCUT2D eigenvalue weighted by molar-refractivity contribution is 6.31. The minimum atomic E-state index is -4.34. The molecule has 0 aliphatic carbocycles. The summed E-state index contributed by atoms with van der Waals surface area (Å²) in [6.07, 6.45) is -0.745. The Kier molecular flexibility index (Phi) is 8.26. The van der Waals surface area contributed by atoms with E-state index in [1.807, 2.05) is 54.6 Å². The van der Waals surface area contributed by atoms with Crippen LogP contribution in [-0.4, -0.2) is 23.0 Å². The molecule has 4 rings (SSSR count). The molecule has 0 aliphatic rings. The molecule has 7 heteroatoms. The fourth-order valence-corrected chi connectivity index (χ4v) is 4.29. The van der Waals surface area contributed by atoms with Gasteiger partial charge in [-0.05, 0) is 60.8 Å². The number of nitrogens with one attached hydrogen (secondary N) is 1. The van der Waals surface area contributed by atoms with Crippen LogP contribution in [0.5, 0.6) is 0 Å². The van der Waals surface area contributed by atoms with Gasteiger partial charge in [0.2, 0.25) is 0 Å². The van der Waals surface area contributed by atoms with E-state index in [0.717, 1.165) is 54.2 Å². The van der Waals surface area contributed by atoms with Crippen molar-refractivity contribution >= 4 is 28.2 Å². The van der Waals surface area contributed by atoms with Gasteiger partial charge in [0.05, 0.1) is 11.1 Å². The number of hydrogen-bond acceptors (Lipinski definition) is 3. The van der Waals surface area contributed by atoms with Gasteiger partial charge >= 0.3 is 6.18 Å². The van der Waals surface area contributed by atoms with Gasteiger partial charge in [0.1, 0.15) is 0 Å². The van der Waals surface area contributed by atoms with Crippen molar-refractivity contribution in [3.05, 3.63) is 107 Å². The Labute approximate surface area is 208 Å². The molecule has 0 atom stereocenters. The Bertz CT molecular complexity index is 1250. The Morgan fingerprint density at radius 2 is 1.60 bits per heavy atom. The van der Waals surface area contributed by atoms with Crippen LogP contribution in [0.15, 0.2) is 85.1 Å². The summed E-state index contributed by atoms with van der Waals surface area (Å²) in [5.74, 6) is 0. The van der Waals surface area contributed by atoms with E-state index in [2.05, 4.69) is 15.2 Å². The minimum Gasteiger partial charge on any atom is -0.384 e. The molecule has 35 heavy (non-hydrogen) atoms. The van der Waals surface area contributed by atoms with Crippen molar-refractivity contribution in [2.75, 3.05) is 18.4 Å². The second kappa shape index (κ2) is 11.6. The van der Waals surface area contributed by atoms with E-state index in [-0.39, 0.29) is 0 Å². The average Bonchev–Trinajstić information content (AvgIpc) is 2.84. The standard InChI is InChI=1S/C28H27ClF3N3/c29-24-11-12-25-26(13-15-34-27(25)18-24)33-14-4-5-16-35(19-21-7-2-1-3-8-21)20-22-9-6-10-23(17-22)28(30,31)32/h1-3,6-13,15,17-18H,4-5,14,16,19-20H2,(H,33,34). The molecule has 1 N–H and O–H groups in total. The molecular weight excluding hydrogens is 471 g/mol. The summed E-state index contributed by atoms with van der Waals surface area (Å²) in [6.45, 7) is 2.70. The zero-order chi connectivity index (χ0) is 24.7. The third kappa shape index (κ3) is 7.20. The van der Waals surface area contributed by atoms with E-state index in [0.29, 0.717) is 23.7 Å². The lowest BCUT2D eigenvalue weighted by atomic mass is 10.1. The maximum absolute atomic E-state index is 13.2. The molecule has 0 fully saturated rings. The Morgan fingerprint density at radius 3 is 2.40 bits per heavy atom. The van der Waals surface area contributed by atoms with Crippen LogP contribution in [0, 0.1) is 0 Å². The highest BCUT2D eigenvalue weighted by atomic mass is 35.5. The molecule has 0 radical (unpaired) electrons. The number of alkyl halides is 3. The molecule has 3 nitrogen and oxygen atoms in total. The van der Waals surface area contributed by atoms with Crippen LogP contribution in [-0.2, 0) is 19.3 Å². The molecule has 0 spiro atoms.